The van der Waals surface area contributed by atoms with E-state index in [2.05, 4.69) is 4.98 Å². The number of rotatable bonds is 3. The zero-order valence-corrected chi connectivity index (χ0v) is 13.4. The van der Waals surface area contributed by atoms with Crippen LogP contribution in [0.2, 0.25) is 10.0 Å². The number of fused-ring (bicyclic) bond motifs is 1. The van der Waals surface area contributed by atoms with Gasteiger partial charge in [0.05, 0.1) is 27.1 Å². The molecule has 22 heavy (non-hydrogen) atoms. The normalized spacial score (nSPS) is 12.8. The third kappa shape index (κ3) is 2.82. The van der Waals surface area contributed by atoms with Gasteiger partial charge in [0.15, 0.2) is 0 Å². The average molecular weight is 338 g/mol. The van der Waals surface area contributed by atoms with Gasteiger partial charge in [-0.2, -0.15) is 0 Å². The number of benzene rings is 2. The Labute approximate surface area is 137 Å². The first-order valence-electron chi connectivity index (χ1n) is 6.81. The highest BCUT2D eigenvalue weighted by molar-refractivity contribution is 6.42. The second-order valence-electron chi connectivity index (χ2n) is 5.23. The smallest absolute Gasteiger partial charge is 0.126 e. The van der Waals surface area contributed by atoms with Gasteiger partial charge in [-0.3, -0.25) is 0 Å². The van der Waals surface area contributed by atoms with E-state index in [0.717, 1.165) is 16.6 Å². The molecule has 0 radical (unpaired) electrons. The molecular formula is C16H14Cl2FN3. The zero-order chi connectivity index (χ0) is 15.9. The molecule has 0 amide bonds. The quantitative estimate of drug-likeness (QED) is 0.761. The number of nitrogens with zero attached hydrogens (tertiary/aromatic N) is 2. The maximum absolute atomic E-state index is 13.4. The SMILES string of the molecule is C[C@H](N)c1nc2cc(Cl)c(Cl)cc2n1Cc1cccc(F)c1. The number of nitrogens with two attached hydrogens (primary N) is 1. The van der Waals surface area contributed by atoms with Gasteiger partial charge < -0.3 is 10.3 Å². The first-order valence-corrected chi connectivity index (χ1v) is 7.56. The molecule has 0 aliphatic carbocycles. The summed E-state index contributed by atoms with van der Waals surface area (Å²) in [5.74, 6) is 0.433. The van der Waals surface area contributed by atoms with E-state index in [1.807, 2.05) is 17.6 Å². The van der Waals surface area contributed by atoms with E-state index in [1.165, 1.54) is 12.1 Å². The van der Waals surface area contributed by atoms with Crippen molar-refractivity contribution in [2.24, 2.45) is 5.73 Å². The summed E-state index contributed by atoms with van der Waals surface area (Å²) in [5, 5.41) is 0.895. The van der Waals surface area contributed by atoms with Gasteiger partial charge in [-0.05, 0) is 36.8 Å². The van der Waals surface area contributed by atoms with Gasteiger partial charge >= 0.3 is 0 Å². The molecule has 0 fully saturated rings. The van der Waals surface area contributed by atoms with Gasteiger partial charge in [0.1, 0.15) is 11.6 Å². The van der Waals surface area contributed by atoms with Crippen LogP contribution in [-0.2, 0) is 6.54 Å². The predicted molar refractivity (Wildman–Crippen MR) is 87.9 cm³/mol. The Balaban J connectivity index is 2.17. The van der Waals surface area contributed by atoms with Crippen LogP contribution in [0.25, 0.3) is 11.0 Å². The van der Waals surface area contributed by atoms with Gasteiger partial charge in [-0.1, -0.05) is 35.3 Å². The molecule has 114 valence electrons. The Morgan fingerprint density at radius 2 is 1.95 bits per heavy atom. The van der Waals surface area contributed by atoms with Crippen molar-refractivity contribution in [3.63, 3.8) is 0 Å². The number of aromatic nitrogens is 2. The zero-order valence-electron chi connectivity index (χ0n) is 11.9. The molecule has 0 bridgehead atoms. The molecule has 2 N–H and O–H groups in total. The van der Waals surface area contributed by atoms with Crippen LogP contribution in [0.4, 0.5) is 4.39 Å². The Morgan fingerprint density at radius 3 is 2.64 bits per heavy atom. The summed E-state index contributed by atoms with van der Waals surface area (Å²) in [7, 11) is 0. The summed E-state index contributed by atoms with van der Waals surface area (Å²) >= 11 is 12.2. The van der Waals surface area contributed by atoms with Gasteiger partial charge in [-0.25, -0.2) is 9.37 Å². The lowest BCUT2D eigenvalue weighted by molar-refractivity contribution is 0.620. The lowest BCUT2D eigenvalue weighted by Gasteiger charge is -2.12. The molecule has 0 aliphatic heterocycles. The van der Waals surface area contributed by atoms with Crippen molar-refractivity contribution in [1.29, 1.82) is 0 Å². The summed E-state index contributed by atoms with van der Waals surface area (Å²) in [6.07, 6.45) is 0. The Morgan fingerprint density at radius 1 is 1.23 bits per heavy atom. The monoisotopic (exact) mass is 337 g/mol. The molecule has 0 saturated carbocycles. The van der Waals surface area contributed by atoms with E-state index in [4.69, 9.17) is 28.9 Å². The van der Waals surface area contributed by atoms with Crippen LogP contribution in [0.3, 0.4) is 0 Å². The van der Waals surface area contributed by atoms with Crippen LogP contribution in [-0.4, -0.2) is 9.55 Å². The molecule has 0 unspecified atom stereocenters. The molecule has 0 aliphatic rings. The van der Waals surface area contributed by atoms with Crippen LogP contribution in [0.1, 0.15) is 24.4 Å². The highest BCUT2D eigenvalue weighted by Gasteiger charge is 2.16. The molecule has 1 atom stereocenters. The van der Waals surface area contributed by atoms with Gasteiger partial charge in [0, 0.05) is 6.54 Å². The van der Waals surface area contributed by atoms with E-state index < -0.39 is 0 Å². The van der Waals surface area contributed by atoms with E-state index in [-0.39, 0.29) is 11.9 Å². The van der Waals surface area contributed by atoms with E-state index in [0.29, 0.717) is 22.4 Å². The average Bonchev–Trinajstić information content (AvgIpc) is 2.78. The minimum absolute atomic E-state index is 0.265. The van der Waals surface area contributed by atoms with Crippen molar-refractivity contribution < 1.29 is 4.39 Å². The summed E-state index contributed by atoms with van der Waals surface area (Å²) in [6.45, 7) is 2.32. The largest absolute Gasteiger partial charge is 0.322 e. The van der Waals surface area contributed by atoms with Gasteiger partial charge in [0.2, 0.25) is 0 Å². The summed E-state index contributed by atoms with van der Waals surface area (Å²) in [5.41, 5.74) is 8.39. The highest BCUT2D eigenvalue weighted by atomic mass is 35.5. The van der Waals surface area contributed by atoms with E-state index in [1.54, 1.807) is 18.2 Å². The third-order valence-corrected chi connectivity index (χ3v) is 4.18. The van der Waals surface area contributed by atoms with Crippen LogP contribution in [0.5, 0.6) is 0 Å². The second kappa shape index (κ2) is 5.88. The lowest BCUT2D eigenvalue weighted by Crippen LogP contribution is -2.14. The molecule has 6 heteroatoms. The van der Waals surface area contributed by atoms with Gasteiger partial charge in [-0.15, -0.1) is 0 Å². The number of halogens is 3. The Bertz CT molecular complexity index is 843. The molecule has 2 aromatic carbocycles. The minimum Gasteiger partial charge on any atom is -0.322 e. The Kier molecular flexibility index (Phi) is 4.08. The first-order chi connectivity index (χ1) is 10.5. The van der Waals surface area contributed by atoms with Crippen molar-refractivity contribution in [3.8, 4) is 0 Å². The maximum Gasteiger partial charge on any atom is 0.126 e. The minimum atomic E-state index is -0.273. The van der Waals surface area contributed by atoms with Crippen molar-refractivity contribution in [3.05, 3.63) is 63.6 Å². The van der Waals surface area contributed by atoms with Crippen LogP contribution in [0, 0.1) is 5.82 Å². The third-order valence-electron chi connectivity index (χ3n) is 3.46. The number of imidazole rings is 1. The molecule has 3 rings (SSSR count). The maximum atomic E-state index is 13.4. The Hall–Kier alpha value is -1.62. The summed E-state index contributed by atoms with van der Waals surface area (Å²) in [6, 6.07) is 9.66. The lowest BCUT2D eigenvalue weighted by atomic mass is 10.2. The molecule has 3 aromatic rings. The molecule has 3 nitrogen and oxygen atoms in total. The summed E-state index contributed by atoms with van der Waals surface area (Å²) < 4.78 is 15.3. The van der Waals surface area contributed by atoms with Crippen molar-refractivity contribution in [1.82, 2.24) is 9.55 Å². The highest BCUT2D eigenvalue weighted by Crippen LogP contribution is 2.30. The van der Waals surface area contributed by atoms with Gasteiger partial charge in [0.25, 0.3) is 0 Å². The van der Waals surface area contributed by atoms with Crippen LogP contribution >= 0.6 is 23.2 Å². The standard InChI is InChI=1S/C16H14Cl2FN3/c1-9(20)16-21-14-6-12(17)13(18)7-15(14)22(16)8-10-3-2-4-11(19)5-10/h2-7,9H,8,20H2,1H3/t9-/m0/s1. The predicted octanol–water partition coefficient (Wildman–Crippen LogP) is 4.55. The van der Waals surface area contributed by atoms with Crippen molar-refractivity contribution in [2.75, 3.05) is 0 Å². The molecule has 1 aromatic heterocycles. The van der Waals surface area contributed by atoms with E-state index in [9.17, 15) is 4.39 Å². The molecule has 0 spiro atoms. The molecule has 1 heterocycles. The number of hydrogen-bond acceptors (Lipinski definition) is 2. The molecule has 0 saturated heterocycles. The number of hydrogen-bond donors (Lipinski definition) is 1. The summed E-state index contributed by atoms with van der Waals surface area (Å²) in [4.78, 5) is 4.53. The second-order valence-corrected chi connectivity index (χ2v) is 6.04. The fourth-order valence-electron chi connectivity index (χ4n) is 2.47. The molecular weight excluding hydrogens is 324 g/mol. The fourth-order valence-corrected chi connectivity index (χ4v) is 2.79. The van der Waals surface area contributed by atoms with Crippen LogP contribution < -0.4 is 5.73 Å². The van der Waals surface area contributed by atoms with Crippen LogP contribution in [0.15, 0.2) is 36.4 Å². The topological polar surface area (TPSA) is 43.8 Å². The van der Waals surface area contributed by atoms with Crippen molar-refractivity contribution in [2.45, 2.75) is 19.5 Å². The fraction of sp³-hybridized carbons (Fsp3) is 0.188. The first kappa shape index (κ1) is 15.3. The van der Waals surface area contributed by atoms with Crippen molar-refractivity contribution >= 4 is 34.2 Å². The van der Waals surface area contributed by atoms with E-state index >= 15 is 0 Å².